The Bertz CT molecular complexity index is 432. The van der Waals surface area contributed by atoms with Crippen LogP contribution in [-0.2, 0) is 16.6 Å². The average Bonchev–Trinajstić information content (AvgIpc) is 2.38. The molecule has 1 aromatic rings. The van der Waals surface area contributed by atoms with Crippen molar-refractivity contribution in [1.29, 1.82) is 0 Å². The third-order valence-electron chi connectivity index (χ3n) is 3.85. The summed E-state index contributed by atoms with van der Waals surface area (Å²) in [5.41, 5.74) is 3.72. The number of aryl methyl sites for hydroxylation is 2. The molecule has 3 heteroatoms. The second-order valence-electron chi connectivity index (χ2n) is 5.92. The molecule has 0 radical (unpaired) electrons. The van der Waals surface area contributed by atoms with Gasteiger partial charge in [0.15, 0.2) is 0 Å². The van der Waals surface area contributed by atoms with Crippen molar-refractivity contribution >= 4 is 10.8 Å². The first kappa shape index (κ1) is 18.4. The first-order chi connectivity index (χ1) is 10.0. The maximum Gasteiger partial charge on any atom is 0.0502 e. The van der Waals surface area contributed by atoms with Crippen molar-refractivity contribution < 1.29 is 4.21 Å². The van der Waals surface area contributed by atoms with Crippen molar-refractivity contribution in [2.75, 3.05) is 6.54 Å². The maximum absolute atomic E-state index is 12.8. The summed E-state index contributed by atoms with van der Waals surface area (Å²) in [7, 11) is -0.821. The predicted octanol–water partition coefficient (Wildman–Crippen LogP) is 4.11. The molecule has 1 N–H and O–H groups in total. The molecule has 0 aromatic heterocycles. The lowest BCUT2D eigenvalue weighted by atomic mass is 10.1. The van der Waals surface area contributed by atoms with Gasteiger partial charge >= 0.3 is 0 Å². The Kier molecular flexibility index (Phi) is 8.20. The highest BCUT2D eigenvalue weighted by Gasteiger charge is 2.24. The van der Waals surface area contributed by atoms with Crippen LogP contribution in [0, 0.1) is 13.8 Å². The largest absolute Gasteiger partial charge is 0.313 e. The minimum Gasteiger partial charge on any atom is -0.313 e. The van der Waals surface area contributed by atoms with Crippen molar-refractivity contribution in [3.05, 3.63) is 34.9 Å². The quantitative estimate of drug-likeness (QED) is 0.744. The van der Waals surface area contributed by atoms with Crippen LogP contribution in [-0.4, -0.2) is 22.0 Å². The van der Waals surface area contributed by atoms with E-state index in [1.165, 1.54) is 16.7 Å². The molecular formula is C18H31NOS. The van der Waals surface area contributed by atoms with Crippen LogP contribution >= 0.6 is 0 Å². The zero-order chi connectivity index (χ0) is 15.8. The van der Waals surface area contributed by atoms with Crippen LogP contribution in [0.3, 0.4) is 0 Å². The fourth-order valence-corrected chi connectivity index (χ4v) is 4.75. The highest BCUT2D eigenvalue weighted by atomic mass is 32.2. The zero-order valence-corrected chi connectivity index (χ0v) is 15.1. The molecule has 1 aromatic carbocycles. The number of hydrogen-bond donors (Lipinski definition) is 1. The maximum atomic E-state index is 12.8. The van der Waals surface area contributed by atoms with Crippen molar-refractivity contribution in [2.24, 2.45) is 0 Å². The van der Waals surface area contributed by atoms with E-state index in [4.69, 9.17) is 0 Å². The van der Waals surface area contributed by atoms with E-state index in [1.54, 1.807) is 0 Å². The van der Waals surface area contributed by atoms with Gasteiger partial charge < -0.3 is 5.32 Å². The molecule has 0 amide bonds. The number of nitrogens with one attached hydrogen (secondary N) is 1. The molecule has 0 aliphatic carbocycles. The first-order valence-corrected chi connectivity index (χ1v) is 9.57. The van der Waals surface area contributed by atoms with E-state index in [2.05, 4.69) is 58.1 Å². The summed E-state index contributed by atoms with van der Waals surface area (Å²) in [4.78, 5) is 0. The summed E-state index contributed by atoms with van der Waals surface area (Å²) < 4.78 is 12.8. The van der Waals surface area contributed by atoms with Gasteiger partial charge in [-0.3, -0.25) is 4.21 Å². The lowest BCUT2D eigenvalue weighted by Crippen LogP contribution is -2.42. The molecule has 3 unspecified atom stereocenters. The molecule has 0 bridgehead atoms. The summed E-state index contributed by atoms with van der Waals surface area (Å²) in [5.74, 6) is 0.673. The molecule has 0 spiro atoms. The van der Waals surface area contributed by atoms with Crippen LogP contribution in [0.1, 0.15) is 56.7 Å². The highest BCUT2D eigenvalue weighted by molar-refractivity contribution is 7.84. The predicted molar refractivity (Wildman–Crippen MR) is 94.2 cm³/mol. The molecule has 0 aliphatic rings. The van der Waals surface area contributed by atoms with Crippen molar-refractivity contribution in [2.45, 2.75) is 70.9 Å². The van der Waals surface area contributed by atoms with Gasteiger partial charge in [-0.05, 0) is 38.8 Å². The van der Waals surface area contributed by atoms with E-state index >= 15 is 0 Å². The molecule has 3 atom stereocenters. The lowest BCUT2D eigenvalue weighted by molar-refractivity contribution is 0.458. The van der Waals surface area contributed by atoms with Crippen molar-refractivity contribution in [3.8, 4) is 0 Å². The number of benzene rings is 1. The fourth-order valence-electron chi connectivity index (χ4n) is 3.07. The van der Waals surface area contributed by atoms with Gasteiger partial charge in [0.1, 0.15) is 0 Å². The summed E-state index contributed by atoms with van der Waals surface area (Å²) in [6.07, 6.45) is 3.20. The zero-order valence-electron chi connectivity index (χ0n) is 14.2. The summed E-state index contributed by atoms with van der Waals surface area (Å²) in [6, 6.07) is 6.87. The second-order valence-corrected chi connectivity index (χ2v) is 7.58. The van der Waals surface area contributed by atoms with Gasteiger partial charge in [0.05, 0.1) is 5.25 Å². The Labute approximate surface area is 133 Å². The van der Waals surface area contributed by atoms with Crippen LogP contribution in [0.4, 0.5) is 0 Å². The van der Waals surface area contributed by atoms with Gasteiger partial charge in [0, 0.05) is 22.6 Å². The molecule has 0 aliphatic heterocycles. The Balaban J connectivity index is 2.82. The standard InChI is InChI=1S/C18H31NOS/c1-6-9-17(19-8-3)18(7-2)21(20)13-16-11-14(4)10-15(5)12-16/h10-12,17-19H,6-9,13H2,1-5H3. The van der Waals surface area contributed by atoms with Crippen LogP contribution < -0.4 is 5.32 Å². The number of hydrogen-bond acceptors (Lipinski definition) is 2. The van der Waals surface area contributed by atoms with E-state index in [0.717, 1.165) is 25.8 Å². The van der Waals surface area contributed by atoms with Gasteiger partial charge in [0.2, 0.25) is 0 Å². The van der Waals surface area contributed by atoms with E-state index < -0.39 is 10.8 Å². The van der Waals surface area contributed by atoms with E-state index in [0.29, 0.717) is 11.8 Å². The van der Waals surface area contributed by atoms with Gasteiger partial charge in [0.25, 0.3) is 0 Å². The van der Waals surface area contributed by atoms with Gasteiger partial charge in [-0.25, -0.2) is 0 Å². The van der Waals surface area contributed by atoms with Crippen LogP contribution in [0.5, 0.6) is 0 Å². The Morgan fingerprint density at radius 2 is 1.71 bits per heavy atom. The fraction of sp³-hybridized carbons (Fsp3) is 0.667. The second kappa shape index (κ2) is 9.37. The highest BCUT2D eigenvalue weighted by Crippen LogP contribution is 2.18. The smallest absolute Gasteiger partial charge is 0.0502 e. The monoisotopic (exact) mass is 309 g/mol. The molecular weight excluding hydrogens is 278 g/mol. The third kappa shape index (κ3) is 5.91. The molecule has 0 heterocycles. The van der Waals surface area contributed by atoms with E-state index in [1.807, 2.05) is 0 Å². The summed E-state index contributed by atoms with van der Waals surface area (Å²) in [6.45, 7) is 11.6. The van der Waals surface area contributed by atoms with E-state index in [-0.39, 0.29) is 5.25 Å². The Morgan fingerprint density at radius 1 is 1.10 bits per heavy atom. The lowest BCUT2D eigenvalue weighted by Gasteiger charge is -2.26. The van der Waals surface area contributed by atoms with Crippen LogP contribution in [0.25, 0.3) is 0 Å². The average molecular weight is 310 g/mol. The molecule has 120 valence electrons. The first-order valence-electron chi connectivity index (χ1n) is 8.19. The molecule has 0 fully saturated rings. The Hall–Kier alpha value is -0.670. The van der Waals surface area contributed by atoms with Gasteiger partial charge in [-0.15, -0.1) is 0 Å². The van der Waals surface area contributed by atoms with E-state index in [9.17, 15) is 4.21 Å². The van der Waals surface area contributed by atoms with Crippen molar-refractivity contribution in [1.82, 2.24) is 5.32 Å². The van der Waals surface area contributed by atoms with Crippen LogP contribution in [0.2, 0.25) is 0 Å². The topological polar surface area (TPSA) is 29.1 Å². The molecule has 21 heavy (non-hydrogen) atoms. The van der Waals surface area contributed by atoms with Crippen molar-refractivity contribution in [3.63, 3.8) is 0 Å². The molecule has 1 rings (SSSR count). The van der Waals surface area contributed by atoms with Gasteiger partial charge in [-0.1, -0.05) is 56.5 Å². The normalized spacial score (nSPS) is 15.7. The minimum atomic E-state index is -0.821. The molecule has 2 nitrogen and oxygen atoms in total. The van der Waals surface area contributed by atoms with Gasteiger partial charge in [-0.2, -0.15) is 0 Å². The minimum absolute atomic E-state index is 0.241. The SMILES string of the molecule is CCCC(NCC)C(CC)S(=O)Cc1cc(C)cc(C)c1. The van der Waals surface area contributed by atoms with Crippen LogP contribution in [0.15, 0.2) is 18.2 Å². The summed E-state index contributed by atoms with van der Waals surface area (Å²) >= 11 is 0. The Morgan fingerprint density at radius 3 is 2.19 bits per heavy atom. The number of rotatable bonds is 9. The molecule has 0 saturated carbocycles. The molecule has 0 saturated heterocycles. The third-order valence-corrected chi connectivity index (χ3v) is 5.80. The summed E-state index contributed by atoms with van der Waals surface area (Å²) in [5, 5.41) is 3.77.